The van der Waals surface area contributed by atoms with E-state index < -0.39 is 0 Å². The van der Waals surface area contributed by atoms with Crippen molar-refractivity contribution in [3.8, 4) is 5.75 Å². The van der Waals surface area contributed by atoms with Gasteiger partial charge in [0, 0.05) is 24.2 Å². The van der Waals surface area contributed by atoms with E-state index in [1.54, 1.807) is 6.07 Å². The Morgan fingerprint density at radius 1 is 1.24 bits per heavy atom. The highest BCUT2D eigenvalue weighted by Crippen LogP contribution is 2.31. The first-order valence-electron chi connectivity index (χ1n) is 6.85. The van der Waals surface area contributed by atoms with Gasteiger partial charge in [-0.15, -0.1) is 0 Å². The van der Waals surface area contributed by atoms with Crippen LogP contribution >= 0.6 is 11.8 Å². The zero-order valence-corrected chi connectivity index (χ0v) is 12.3. The first-order valence-corrected chi connectivity index (χ1v) is 8.00. The van der Waals surface area contributed by atoms with Gasteiger partial charge in [-0.1, -0.05) is 30.3 Å². The van der Waals surface area contributed by atoms with Gasteiger partial charge in [-0.05, 0) is 17.7 Å². The third-order valence-corrected chi connectivity index (χ3v) is 4.59. The van der Waals surface area contributed by atoms with Gasteiger partial charge in [-0.2, -0.15) is 11.8 Å². The molecule has 1 aliphatic rings. The van der Waals surface area contributed by atoms with Crippen molar-refractivity contribution < 1.29 is 9.90 Å². The molecule has 0 unspecified atom stereocenters. The summed E-state index contributed by atoms with van der Waals surface area (Å²) in [5.74, 6) is 1.50. The molecule has 2 heterocycles. The summed E-state index contributed by atoms with van der Waals surface area (Å²) in [7, 11) is 0. The van der Waals surface area contributed by atoms with E-state index in [4.69, 9.17) is 0 Å². The molecule has 1 N–H and O–H groups in total. The van der Waals surface area contributed by atoms with Crippen molar-refractivity contribution in [1.82, 2.24) is 9.88 Å². The molecule has 0 radical (unpaired) electrons. The fraction of sp³-hybridized carbons (Fsp3) is 0.250. The summed E-state index contributed by atoms with van der Waals surface area (Å²) < 4.78 is 0. The number of carbonyl (C=O) groups excluding carboxylic acids is 1. The number of hydrogen-bond donors (Lipinski definition) is 1. The molecule has 1 fully saturated rings. The SMILES string of the molecule is O=C(c1ncccc1O)N1CCSC[C@H]1c1ccccc1. The minimum atomic E-state index is -0.206. The van der Waals surface area contributed by atoms with Crippen LogP contribution in [0.2, 0.25) is 0 Å². The lowest BCUT2D eigenvalue weighted by atomic mass is 10.1. The zero-order valence-electron chi connectivity index (χ0n) is 11.5. The predicted molar refractivity (Wildman–Crippen MR) is 83.4 cm³/mol. The van der Waals surface area contributed by atoms with E-state index in [0.29, 0.717) is 6.54 Å². The van der Waals surface area contributed by atoms with E-state index in [-0.39, 0.29) is 23.4 Å². The second kappa shape index (κ2) is 6.18. The molecule has 1 amide bonds. The standard InChI is InChI=1S/C16H16N2O2S/c19-14-7-4-8-17-15(14)16(20)18-9-10-21-11-13(18)12-5-2-1-3-6-12/h1-8,13,19H,9-11H2/t13-/m0/s1. The molecular formula is C16H16N2O2S. The Kier molecular flexibility index (Phi) is 4.10. The molecule has 5 heteroatoms. The van der Waals surface area contributed by atoms with Gasteiger partial charge in [0.2, 0.25) is 0 Å². The Morgan fingerprint density at radius 3 is 2.81 bits per heavy atom. The number of rotatable bonds is 2. The number of benzene rings is 1. The van der Waals surface area contributed by atoms with E-state index >= 15 is 0 Å². The molecule has 4 nitrogen and oxygen atoms in total. The lowest BCUT2D eigenvalue weighted by Crippen LogP contribution is -2.41. The van der Waals surface area contributed by atoms with Gasteiger partial charge in [0.15, 0.2) is 5.69 Å². The largest absolute Gasteiger partial charge is 0.505 e. The highest BCUT2D eigenvalue weighted by molar-refractivity contribution is 7.99. The third-order valence-electron chi connectivity index (χ3n) is 3.56. The smallest absolute Gasteiger partial charge is 0.276 e. The van der Waals surface area contributed by atoms with E-state index in [9.17, 15) is 9.90 Å². The van der Waals surface area contributed by atoms with Crippen LogP contribution in [0.25, 0.3) is 0 Å². The third kappa shape index (κ3) is 2.88. The Balaban J connectivity index is 1.91. The van der Waals surface area contributed by atoms with Crippen molar-refractivity contribution in [3.63, 3.8) is 0 Å². The summed E-state index contributed by atoms with van der Waals surface area (Å²) in [4.78, 5) is 18.5. The molecule has 1 aromatic carbocycles. The predicted octanol–water partition coefficient (Wildman–Crippen LogP) is 2.72. The van der Waals surface area contributed by atoms with Crippen molar-refractivity contribution in [2.75, 3.05) is 18.1 Å². The van der Waals surface area contributed by atoms with Crippen molar-refractivity contribution in [2.24, 2.45) is 0 Å². The maximum absolute atomic E-state index is 12.7. The maximum atomic E-state index is 12.7. The van der Waals surface area contributed by atoms with Gasteiger partial charge < -0.3 is 10.0 Å². The topological polar surface area (TPSA) is 53.4 Å². The number of pyridine rings is 1. The fourth-order valence-electron chi connectivity index (χ4n) is 2.50. The molecule has 3 rings (SSSR count). The number of aromatic nitrogens is 1. The number of hydrogen-bond acceptors (Lipinski definition) is 4. The van der Waals surface area contributed by atoms with Crippen LogP contribution in [0.15, 0.2) is 48.7 Å². The molecule has 2 aromatic rings. The number of nitrogens with zero attached hydrogens (tertiary/aromatic N) is 2. The summed E-state index contributed by atoms with van der Waals surface area (Å²) in [6.07, 6.45) is 1.53. The van der Waals surface area contributed by atoms with Crippen LogP contribution in [0.4, 0.5) is 0 Å². The van der Waals surface area contributed by atoms with Gasteiger partial charge in [0.25, 0.3) is 5.91 Å². The van der Waals surface area contributed by atoms with Gasteiger partial charge >= 0.3 is 0 Å². The summed E-state index contributed by atoms with van der Waals surface area (Å²) in [5.41, 5.74) is 1.25. The van der Waals surface area contributed by atoms with E-state index in [1.165, 1.54) is 12.3 Å². The van der Waals surface area contributed by atoms with E-state index in [0.717, 1.165) is 17.1 Å². The molecule has 1 saturated heterocycles. The quantitative estimate of drug-likeness (QED) is 0.926. The molecule has 1 aliphatic heterocycles. The zero-order chi connectivity index (χ0) is 14.7. The van der Waals surface area contributed by atoms with Crippen LogP contribution in [0.5, 0.6) is 5.75 Å². The van der Waals surface area contributed by atoms with Crippen LogP contribution in [0.1, 0.15) is 22.1 Å². The average molecular weight is 300 g/mol. The molecule has 108 valence electrons. The van der Waals surface area contributed by atoms with Gasteiger partial charge in [-0.3, -0.25) is 4.79 Å². The number of aromatic hydroxyl groups is 1. The minimum Gasteiger partial charge on any atom is -0.505 e. The minimum absolute atomic E-state index is 0.0267. The normalized spacial score (nSPS) is 18.5. The van der Waals surface area contributed by atoms with Gasteiger partial charge in [0.1, 0.15) is 5.75 Å². The summed E-state index contributed by atoms with van der Waals surface area (Å²) in [5, 5.41) is 9.85. The molecule has 0 saturated carbocycles. The van der Waals surface area contributed by atoms with Crippen LogP contribution in [-0.2, 0) is 0 Å². The van der Waals surface area contributed by atoms with Crippen LogP contribution in [-0.4, -0.2) is 38.9 Å². The lowest BCUT2D eigenvalue weighted by Gasteiger charge is -2.35. The summed E-state index contributed by atoms with van der Waals surface area (Å²) in [6, 6.07) is 13.1. The average Bonchev–Trinajstić information content (AvgIpc) is 2.55. The van der Waals surface area contributed by atoms with E-state index in [1.807, 2.05) is 47.0 Å². The second-order valence-corrected chi connectivity index (χ2v) is 6.02. The summed E-state index contributed by atoms with van der Waals surface area (Å²) >= 11 is 1.84. The van der Waals surface area contributed by atoms with Crippen LogP contribution in [0, 0.1) is 0 Å². The van der Waals surface area contributed by atoms with Crippen molar-refractivity contribution in [3.05, 3.63) is 59.9 Å². The van der Waals surface area contributed by atoms with E-state index in [2.05, 4.69) is 4.98 Å². The van der Waals surface area contributed by atoms with Gasteiger partial charge in [-0.25, -0.2) is 4.98 Å². The first kappa shape index (κ1) is 13.9. The van der Waals surface area contributed by atoms with Crippen molar-refractivity contribution >= 4 is 17.7 Å². The van der Waals surface area contributed by atoms with Crippen molar-refractivity contribution in [1.29, 1.82) is 0 Å². The number of carbonyl (C=O) groups is 1. The molecule has 0 aliphatic carbocycles. The summed E-state index contributed by atoms with van der Waals surface area (Å²) in [6.45, 7) is 0.666. The molecule has 1 atom stereocenters. The molecule has 0 bridgehead atoms. The van der Waals surface area contributed by atoms with Crippen LogP contribution in [0.3, 0.4) is 0 Å². The fourth-order valence-corrected chi connectivity index (χ4v) is 3.58. The lowest BCUT2D eigenvalue weighted by molar-refractivity contribution is 0.0692. The molecule has 1 aromatic heterocycles. The second-order valence-electron chi connectivity index (χ2n) is 4.87. The van der Waals surface area contributed by atoms with Crippen molar-refractivity contribution in [2.45, 2.75) is 6.04 Å². The number of thioether (sulfide) groups is 1. The molecule has 0 spiro atoms. The molecular weight excluding hydrogens is 284 g/mol. The molecule has 21 heavy (non-hydrogen) atoms. The Labute approximate surface area is 127 Å². The maximum Gasteiger partial charge on any atom is 0.276 e. The highest BCUT2D eigenvalue weighted by atomic mass is 32.2. The monoisotopic (exact) mass is 300 g/mol. The van der Waals surface area contributed by atoms with Crippen LogP contribution < -0.4 is 0 Å². The highest BCUT2D eigenvalue weighted by Gasteiger charge is 2.30. The Bertz CT molecular complexity index is 633. The Morgan fingerprint density at radius 2 is 2.05 bits per heavy atom. The Hall–Kier alpha value is -2.01. The van der Waals surface area contributed by atoms with Gasteiger partial charge in [0.05, 0.1) is 6.04 Å². The first-order chi connectivity index (χ1) is 10.3. The number of amides is 1.